The summed E-state index contributed by atoms with van der Waals surface area (Å²) in [6.07, 6.45) is 5.12. The molecule has 2 fully saturated rings. The highest BCUT2D eigenvalue weighted by molar-refractivity contribution is 6.31. The van der Waals surface area contributed by atoms with E-state index in [1.54, 1.807) is 18.2 Å². The molecule has 1 aliphatic carbocycles. The molecule has 1 N–H and O–H groups in total. The van der Waals surface area contributed by atoms with Crippen molar-refractivity contribution in [3.63, 3.8) is 0 Å². The van der Waals surface area contributed by atoms with Crippen molar-refractivity contribution in [2.45, 2.75) is 68.9 Å². The zero-order valence-electron chi connectivity index (χ0n) is 17.9. The van der Waals surface area contributed by atoms with Gasteiger partial charge >= 0.3 is 0 Å². The van der Waals surface area contributed by atoms with Crippen molar-refractivity contribution in [2.75, 3.05) is 11.9 Å². The Bertz CT molecular complexity index is 1050. The predicted molar refractivity (Wildman–Crippen MR) is 124 cm³/mol. The van der Waals surface area contributed by atoms with E-state index in [-0.39, 0.29) is 28.4 Å². The molecule has 0 unspecified atom stereocenters. The van der Waals surface area contributed by atoms with Gasteiger partial charge in [-0.25, -0.2) is 4.39 Å². The molecule has 1 saturated carbocycles. The number of nitrogens with one attached hydrogen (secondary N) is 1. The molecule has 2 aromatic carbocycles. The van der Waals surface area contributed by atoms with Crippen LogP contribution in [0.2, 0.25) is 10.0 Å². The lowest BCUT2D eigenvalue weighted by Gasteiger charge is -2.50. The van der Waals surface area contributed by atoms with Gasteiger partial charge in [-0.3, -0.25) is 9.69 Å². The molecule has 2 aliphatic heterocycles. The molecular formula is C25H27Cl2FN2O. The lowest BCUT2D eigenvalue weighted by Crippen LogP contribution is -2.61. The molecule has 0 bridgehead atoms. The Morgan fingerprint density at radius 3 is 2.61 bits per heavy atom. The Kier molecular flexibility index (Phi) is 5.12. The molecule has 164 valence electrons. The van der Waals surface area contributed by atoms with Gasteiger partial charge in [0.15, 0.2) is 0 Å². The van der Waals surface area contributed by atoms with Gasteiger partial charge in [-0.15, -0.1) is 0 Å². The summed E-state index contributed by atoms with van der Waals surface area (Å²) in [5.74, 6) is -0.815. The number of likely N-dealkylation sites (N-methyl/N-ethyl adjacent to an activating group) is 1. The van der Waals surface area contributed by atoms with E-state index < -0.39 is 11.2 Å². The number of amides is 1. The van der Waals surface area contributed by atoms with Crippen LogP contribution in [-0.4, -0.2) is 28.9 Å². The van der Waals surface area contributed by atoms with Gasteiger partial charge in [0.2, 0.25) is 5.91 Å². The van der Waals surface area contributed by atoms with Gasteiger partial charge < -0.3 is 5.32 Å². The average molecular weight is 461 g/mol. The van der Waals surface area contributed by atoms with Crippen LogP contribution in [0.5, 0.6) is 0 Å². The molecule has 0 aromatic heterocycles. The predicted octanol–water partition coefficient (Wildman–Crippen LogP) is 6.53. The van der Waals surface area contributed by atoms with Gasteiger partial charge in [-0.05, 0) is 55.6 Å². The highest BCUT2D eigenvalue weighted by Crippen LogP contribution is 2.66. The Hall–Kier alpha value is -1.62. The molecule has 2 spiro atoms. The molecule has 3 nitrogen and oxygen atoms in total. The van der Waals surface area contributed by atoms with Crippen LogP contribution in [0.3, 0.4) is 0 Å². The number of halogens is 3. The first-order valence-corrected chi connectivity index (χ1v) is 12.0. The van der Waals surface area contributed by atoms with Gasteiger partial charge in [0.1, 0.15) is 11.2 Å². The molecule has 2 aromatic rings. The monoisotopic (exact) mass is 460 g/mol. The minimum absolute atomic E-state index is 0.0246. The number of carbonyl (C=O) groups excluding carboxylic acids is 1. The minimum atomic E-state index is -0.895. The number of likely N-dealkylation sites (tertiary alicyclic amines) is 1. The van der Waals surface area contributed by atoms with Crippen molar-refractivity contribution >= 4 is 34.8 Å². The third-order valence-electron chi connectivity index (χ3n) is 8.08. The van der Waals surface area contributed by atoms with Crippen molar-refractivity contribution < 1.29 is 9.18 Å². The second-order valence-corrected chi connectivity index (χ2v) is 10.0. The Morgan fingerprint density at radius 1 is 1.16 bits per heavy atom. The molecule has 6 heteroatoms. The Balaban J connectivity index is 1.86. The minimum Gasteiger partial charge on any atom is -0.325 e. The van der Waals surface area contributed by atoms with E-state index in [0.717, 1.165) is 49.9 Å². The summed E-state index contributed by atoms with van der Waals surface area (Å²) < 4.78 is 15.5. The summed E-state index contributed by atoms with van der Waals surface area (Å²) in [5.41, 5.74) is 0.950. The Labute approximate surface area is 192 Å². The average Bonchev–Trinajstić information content (AvgIpc) is 3.14. The molecule has 0 radical (unpaired) electrons. The molecular weight excluding hydrogens is 434 g/mol. The first-order chi connectivity index (χ1) is 14.9. The van der Waals surface area contributed by atoms with E-state index >= 15 is 4.39 Å². The van der Waals surface area contributed by atoms with E-state index in [9.17, 15) is 4.79 Å². The summed E-state index contributed by atoms with van der Waals surface area (Å²) in [6.45, 7) is 5.09. The summed E-state index contributed by atoms with van der Waals surface area (Å²) in [6, 6.07) is 10.8. The van der Waals surface area contributed by atoms with Crippen molar-refractivity contribution in [3.8, 4) is 0 Å². The third kappa shape index (κ3) is 2.65. The zero-order valence-corrected chi connectivity index (χ0v) is 19.4. The maximum Gasteiger partial charge on any atom is 0.237 e. The number of anilines is 1. The highest BCUT2D eigenvalue weighted by Gasteiger charge is 2.73. The van der Waals surface area contributed by atoms with Gasteiger partial charge in [-0.2, -0.15) is 0 Å². The van der Waals surface area contributed by atoms with Crippen LogP contribution in [0.15, 0.2) is 36.4 Å². The fourth-order valence-electron chi connectivity index (χ4n) is 7.19. The third-order valence-corrected chi connectivity index (χ3v) is 8.60. The molecule has 31 heavy (non-hydrogen) atoms. The summed E-state index contributed by atoms with van der Waals surface area (Å²) in [5, 5.41) is 3.82. The number of hydrogen-bond acceptors (Lipinski definition) is 2. The van der Waals surface area contributed by atoms with Crippen LogP contribution < -0.4 is 5.32 Å². The summed E-state index contributed by atoms with van der Waals surface area (Å²) >= 11 is 12.5. The van der Waals surface area contributed by atoms with Gasteiger partial charge in [0.25, 0.3) is 0 Å². The van der Waals surface area contributed by atoms with Crippen molar-refractivity contribution in [2.24, 2.45) is 0 Å². The van der Waals surface area contributed by atoms with Gasteiger partial charge in [0, 0.05) is 28.2 Å². The van der Waals surface area contributed by atoms with Crippen LogP contribution in [0.4, 0.5) is 10.1 Å². The van der Waals surface area contributed by atoms with Crippen LogP contribution in [-0.2, 0) is 10.2 Å². The Morgan fingerprint density at radius 2 is 1.90 bits per heavy atom. The van der Waals surface area contributed by atoms with E-state index in [4.69, 9.17) is 23.2 Å². The molecule has 2 heterocycles. The lowest BCUT2D eigenvalue weighted by molar-refractivity contribution is -0.126. The maximum absolute atomic E-state index is 15.5. The molecule has 3 atom stereocenters. The molecule has 3 aliphatic rings. The fraction of sp³-hybridized carbons (Fsp3) is 0.480. The molecule has 1 amide bonds. The van der Waals surface area contributed by atoms with Crippen LogP contribution in [0.25, 0.3) is 0 Å². The molecule has 1 saturated heterocycles. The fourth-order valence-corrected chi connectivity index (χ4v) is 7.54. The molecule has 5 rings (SSSR count). The van der Waals surface area contributed by atoms with Crippen molar-refractivity contribution in [1.29, 1.82) is 0 Å². The largest absolute Gasteiger partial charge is 0.325 e. The van der Waals surface area contributed by atoms with E-state index in [2.05, 4.69) is 24.1 Å². The standard InChI is InChI=1S/C25H27Cl2FN2O/c1-3-30-15(2)21(17-8-7-9-19(27)22(17)28)25(24(30)12-5-4-6-13-24)18-11-10-16(26)14-20(18)29-23(25)31/h7-11,14-15,21H,3-6,12-13H2,1-2H3,(H,29,31)/t15-,21+,25+/m0/s1. The van der Waals surface area contributed by atoms with Crippen LogP contribution in [0, 0.1) is 5.82 Å². The van der Waals surface area contributed by atoms with E-state index in [0.29, 0.717) is 10.6 Å². The van der Waals surface area contributed by atoms with Crippen molar-refractivity contribution in [1.82, 2.24) is 4.90 Å². The normalized spacial score (nSPS) is 29.5. The smallest absolute Gasteiger partial charge is 0.237 e. The second-order valence-electron chi connectivity index (χ2n) is 9.19. The zero-order chi connectivity index (χ0) is 22.0. The maximum atomic E-state index is 15.5. The number of nitrogens with zero attached hydrogens (tertiary/aromatic N) is 1. The number of benzene rings is 2. The van der Waals surface area contributed by atoms with Gasteiger partial charge in [0.05, 0.1) is 5.02 Å². The van der Waals surface area contributed by atoms with Crippen LogP contribution in [0.1, 0.15) is 63.0 Å². The van der Waals surface area contributed by atoms with E-state index in [1.165, 1.54) is 0 Å². The van der Waals surface area contributed by atoms with Crippen LogP contribution >= 0.6 is 23.2 Å². The summed E-state index contributed by atoms with van der Waals surface area (Å²) in [4.78, 5) is 16.6. The number of rotatable bonds is 2. The highest BCUT2D eigenvalue weighted by atomic mass is 35.5. The first-order valence-electron chi connectivity index (χ1n) is 11.2. The second kappa shape index (κ2) is 7.47. The van der Waals surface area contributed by atoms with Gasteiger partial charge in [-0.1, -0.05) is 67.6 Å². The number of fused-ring (bicyclic) bond motifs is 3. The SMILES string of the molecule is CCN1[C@@H](C)[C@H](c2cccc(Cl)c2F)[C@]2(C(=O)Nc3cc(Cl)ccc32)C12CCCCC2. The number of carbonyl (C=O) groups is 1. The summed E-state index contributed by atoms with van der Waals surface area (Å²) in [7, 11) is 0. The van der Waals surface area contributed by atoms with E-state index in [1.807, 2.05) is 18.2 Å². The lowest BCUT2D eigenvalue weighted by atomic mass is 9.55. The first kappa shape index (κ1) is 21.2. The quantitative estimate of drug-likeness (QED) is 0.551. The number of hydrogen-bond donors (Lipinski definition) is 1. The topological polar surface area (TPSA) is 32.3 Å². The van der Waals surface area contributed by atoms with Crippen molar-refractivity contribution in [3.05, 3.63) is 63.4 Å².